The summed E-state index contributed by atoms with van der Waals surface area (Å²) in [6, 6.07) is 21.1. The van der Waals surface area contributed by atoms with Gasteiger partial charge in [0.1, 0.15) is 5.75 Å². The van der Waals surface area contributed by atoms with Crippen LogP contribution in [0.5, 0.6) is 5.75 Å². The predicted octanol–water partition coefficient (Wildman–Crippen LogP) is 5.02. The number of carbonyl (C=O) groups excluding carboxylic acids is 1. The van der Waals surface area contributed by atoms with Crippen molar-refractivity contribution < 1.29 is 9.53 Å². The monoisotopic (exact) mass is 436 g/mol. The van der Waals surface area contributed by atoms with E-state index in [0.717, 1.165) is 0 Å². The fourth-order valence-electron chi connectivity index (χ4n) is 3.04. The van der Waals surface area contributed by atoms with Gasteiger partial charge in [0.25, 0.3) is 5.56 Å². The SMILES string of the molecule is COc1cccc(C(=O)CSc2nc3ccccc3c(=O)n2-c2ccc(Cl)cc2)c1. The maximum atomic E-state index is 13.2. The molecule has 1 aromatic heterocycles. The van der Waals surface area contributed by atoms with Crippen LogP contribution in [0.2, 0.25) is 5.02 Å². The number of para-hydroxylation sites is 1. The number of hydrogen-bond acceptors (Lipinski definition) is 5. The molecule has 0 bridgehead atoms. The molecule has 0 radical (unpaired) electrons. The minimum absolute atomic E-state index is 0.0797. The van der Waals surface area contributed by atoms with Crippen molar-refractivity contribution in [3.63, 3.8) is 0 Å². The molecule has 5 nitrogen and oxygen atoms in total. The molecule has 7 heteroatoms. The number of halogens is 1. The Morgan fingerprint density at radius 3 is 2.60 bits per heavy atom. The van der Waals surface area contributed by atoms with Gasteiger partial charge in [0, 0.05) is 10.6 Å². The quantitative estimate of drug-likeness (QED) is 0.241. The highest BCUT2D eigenvalue weighted by molar-refractivity contribution is 7.99. The smallest absolute Gasteiger partial charge is 0.266 e. The first-order valence-corrected chi connectivity index (χ1v) is 10.5. The van der Waals surface area contributed by atoms with Crippen LogP contribution in [0.1, 0.15) is 10.4 Å². The van der Waals surface area contributed by atoms with Crippen LogP contribution in [0.3, 0.4) is 0 Å². The Bertz CT molecular complexity index is 1290. The molecule has 0 unspecified atom stereocenters. The van der Waals surface area contributed by atoms with Crippen LogP contribution in [-0.4, -0.2) is 28.2 Å². The van der Waals surface area contributed by atoms with Crippen LogP contribution < -0.4 is 10.3 Å². The van der Waals surface area contributed by atoms with E-state index < -0.39 is 0 Å². The van der Waals surface area contributed by atoms with Gasteiger partial charge in [-0.25, -0.2) is 4.98 Å². The largest absolute Gasteiger partial charge is 0.497 e. The molecule has 0 aliphatic rings. The first kappa shape index (κ1) is 20.2. The van der Waals surface area contributed by atoms with Gasteiger partial charge in [-0.1, -0.05) is 47.6 Å². The number of nitrogens with zero attached hydrogens (tertiary/aromatic N) is 2. The molecule has 4 aromatic rings. The van der Waals surface area contributed by atoms with Crippen molar-refractivity contribution in [1.29, 1.82) is 0 Å². The summed E-state index contributed by atoms with van der Waals surface area (Å²) in [6.45, 7) is 0. The molecule has 4 rings (SSSR count). The zero-order chi connectivity index (χ0) is 21.1. The maximum Gasteiger partial charge on any atom is 0.266 e. The van der Waals surface area contributed by atoms with E-state index in [4.69, 9.17) is 16.3 Å². The molecule has 0 fully saturated rings. The first-order valence-electron chi connectivity index (χ1n) is 9.14. The van der Waals surface area contributed by atoms with Gasteiger partial charge >= 0.3 is 0 Å². The average Bonchev–Trinajstić information content (AvgIpc) is 2.78. The van der Waals surface area contributed by atoms with Gasteiger partial charge in [0.15, 0.2) is 10.9 Å². The van der Waals surface area contributed by atoms with E-state index in [0.29, 0.717) is 38.1 Å². The summed E-state index contributed by atoms with van der Waals surface area (Å²) < 4.78 is 6.71. The van der Waals surface area contributed by atoms with Gasteiger partial charge in [-0.3, -0.25) is 14.2 Å². The lowest BCUT2D eigenvalue weighted by Crippen LogP contribution is -2.22. The molecular formula is C23H17ClN2O3S. The number of Topliss-reactive ketones (excluding diaryl/α,β-unsaturated/α-hetero) is 1. The zero-order valence-corrected chi connectivity index (χ0v) is 17.6. The summed E-state index contributed by atoms with van der Waals surface area (Å²) in [5.74, 6) is 0.669. The van der Waals surface area contributed by atoms with Crippen molar-refractivity contribution in [2.75, 3.05) is 12.9 Å². The van der Waals surface area contributed by atoms with E-state index >= 15 is 0 Å². The standard InChI is InChI=1S/C23H17ClN2O3S/c1-29-18-6-4-5-15(13-18)21(27)14-30-23-25-20-8-3-2-7-19(20)22(28)26(23)17-11-9-16(24)10-12-17/h2-13H,14H2,1H3. The molecule has 0 aliphatic heterocycles. The third kappa shape index (κ3) is 4.10. The Morgan fingerprint density at radius 2 is 1.83 bits per heavy atom. The number of fused-ring (bicyclic) bond motifs is 1. The van der Waals surface area contributed by atoms with Gasteiger partial charge in [0.2, 0.25) is 0 Å². The number of rotatable bonds is 6. The molecule has 0 amide bonds. The molecule has 30 heavy (non-hydrogen) atoms. The van der Waals surface area contributed by atoms with Crippen molar-refractivity contribution in [2.24, 2.45) is 0 Å². The number of methoxy groups -OCH3 is 1. The second kappa shape index (κ2) is 8.73. The number of thioether (sulfide) groups is 1. The molecule has 0 atom stereocenters. The molecule has 0 saturated carbocycles. The molecule has 0 saturated heterocycles. The maximum absolute atomic E-state index is 13.2. The summed E-state index contributed by atoms with van der Waals surface area (Å²) in [5, 5.41) is 1.52. The van der Waals surface area contributed by atoms with Crippen molar-refractivity contribution in [1.82, 2.24) is 9.55 Å². The number of carbonyl (C=O) groups is 1. The molecule has 150 valence electrons. The summed E-state index contributed by atoms with van der Waals surface area (Å²) >= 11 is 7.23. The summed E-state index contributed by atoms with van der Waals surface area (Å²) in [4.78, 5) is 30.6. The van der Waals surface area contributed by atoms with E-state index in [2.05, 4.69) is 4.98 Å². The first-order chi connectivity index (χ1) is 14.6. The van der Waals surface area contributed by atoms with Gasteiger partial charge < -0.3 is 4.74 Å². The molecular weight excluding hydrogens is 420 g/mol. The van der Waals surface area contributed by atoms with Gasteiger partial charge in [-0.05, 0) is 48.5 Å². The van der Waals surface area contributed by atoms with Crippen molar-refractivity contribution >= 4 is 40.0 Å². The second-order valence-electron chi connectivity index (χ2n) is 6.47. The van der Waals surface area contributed by atoms with Crippen LogP contribution in [0.25, 0.3) is 16.6 Å². The second-order valence-corrected chi connectivity index (χ2v) is 7.85. The van der Waals surface area contributed by atoms with Crippen LogP contribution in [-0.2, 0) is 0 Å². The molecule has 1 heterocycles. The highest BCUT2D eigenvalue weighted by atomic mass is 35.5. The molecule has 0 spiro atoms. The lowest BCUT2D eigenvalue weighted by atomic mass is 10.1. The van der Waals surface area contributed by atoms with Crippen molar-refractivity contribution in [3.05, 3.63) is 93.7 Å². The number of benzene rings is 3. The molecule has 3 aromatic carbocycles. The highest BCUT2D eigenvalue weighted by Crippen LogP contribution is 2.24. The Morgan fingerprint density at radius 1 is 1.07 bits per heavy atom. The zero-order valence-electron chi connectivity index (χ0n) is 16.0. The summed E-state index contributed by atoms with van der Waals surface area (Å²) in [6.07, 6.45) is 0. The molecule has 0 aliphatic carbocycles. The van der Waals surface area contributed by atoms with E-state index in [9.17, 15) is 9.59 Å². The molecule has 0 N–H and O–H groups in total. The van der Waals surface area contributed by atoms with Crippen molar-refractivity contribution in [3.8, 4) is 11.4 Å². The van der Waals surface area contributed by atoms with Gasteiger partial charge in [-0.2, -0.15) is 0 Å². The average molecular weight is 437 g/mol. The minimum Gasteiger partial charge on any atom is -0.497 e. The van der Waals surface area contributed by atoms with E-state index in [1.807, 2.05) is 6.07 Å². The number of ether oxygens (including phenoxy) is 1. The Balaban J connectivity index is 1.73. The number of ketones is 1. The fraction of sp³-hybridized carbons (Fsp3) is 0.0870. The lowest BCUT2D eigenvalue weighted by Gasteiger charge is -2.13. The number of aromatic nitrogens is 2. The topological polar surface area (TPSA) is 61.2 Å². The minimum atomic E-state index is -0.195. The van der Waals surface area contributed by atoms with Crippen LogP contribution in [0.15, 0.2) is 82.7 Å². The number of hydrogen-bond donors (Lipinski definition) is 0. The Kier molecular flexibility index (Phi) is 5.88. The van der Waals surface area contributed by atoms with E-state index in [1.54, 1.807) is 73.8 Å². The van der Waals surface area contributed by atoms with E-state index in [1.165, 1.54) is 16.3 Å². The summed E-state index contributed by atoms with van der Waals surface area (Å²) in [7, 11) is 1.56. The summed E-state index contributed by atoms with van der Waals surface area (Å²) in [5.41, 5.74) is 1.57. The van der Waals surface area contributed by atoms with Crippen LogP contribution in [0, 0.1) is 0 Å². The van der Waals surface area contributed by atoms with Crippen LogP contribution >= 0.6 is 23.4 Å². The fourth-order valence-corrected chi connectivity index (χ4v) is 4.07. The Labute approximate surface area is 182 Å². The van der Waals surface area contributed by atoms with Crippen molar-refractivity contribution in [2.45, 2.75) is 5.16 Å². The van der Waals surface area contributed by atoms with E-state index in [-0.39, 0.29) is 17.1 Å². The lowest BCUT2D eigenvalue weighted by molar-refractivity contribution is 0.102. The normalized spacial score (nSPS) is 10.9. The predicted molar refractivity (Wildman–Crippen MR) is 120 cm³/mol. The van der Waals surface area contributed by atoms with Crippen LogP contribution in [0.4, 0.5) is 0 Å². The third-order valence-electron chi connectivity index (χ3n) is 4.55. The van der Waals surface area contributed by atoms with Gasteiger partial charge in [0.05, 0.1) is 29.5 Å². The third-order valence-corrected chi connectivity index (χ3v) is 5.74. The van der Waals surface area contributed by atoms with Gasteiger partial charge in [-0.15, -0.1) is 0 Å². The highest BCUT2D eigenvalue weighted by Gasteiger charge is 2.16. The Hall–Kier alpha value is -3.09.